The van der Waals surface area contributed by atoms with Crippen LogP contribution in [0.5, 0.6) is 5.75 Å². The summed E-state index contributed by atoms with van der Waals surface area (Å²) in [5, 5.41) is 15.1. The van der Waals surface area contributed by atoms with Crippen LogP contribution in [0.4, 0.5) is 10.8 Å². The first-order chi connectivity index (χ1) is 12.4. The number of carbonyl (C=O) groups is 1. The molecular weight excluding hydrogens is 518 g/mol. The van der Waals surface area contributed by atoms with Gasteiger partial charge in [0, 0.05) is 27.8 Å². The molecule has 1 amide bonds. The lowest BCUT2D eigenvalue weighted by molar-refractivity contribution is -0.110. The van der Waals surface area contributed by atoms with Crippen molar-refractivity contribution in [3.05, 3.63) is 55.8 Å². The number of carbonyl (C=O) groups excluding carboxylic acids is 1. The summed E-state index contributed by atoms with van der Waals surface area (Å²) in [5.41, 5.74) is 10.3. The number of nitrogens with zero attached hydrogens (tertiary/aromatic N) is 1. The molecule has 5 nitrogen and oxygen atoms in total. The smallest absolute Gasteiger partial charge is 0.256 e. The van der Waals surface area contributed by atoms with Crippen molar-refractivity contribution < 1.29 is 9.90 Å². The molecule has 9 heteroatoms. The molecule has 4 rings (SSSR count). The molecule has 0 bridgehead atoms. The normalized spacial score (nSPS) is 14.0. The van der Waals surface area contributed by atoms with Crippen molar-refractivity contribution in [2.75, 3.05) is 11.1 Å². The van der Waals surface area contributed by atoms with Crippen molar-refractivity contribution in [3.63, 3.8) is 0 Å². The fourth-order valence-corrected chi connectivity index (χ4v) is 4.54. The van der Waals surface area contributed by atoms with Gasteiger partial charge in [-0.2, -0.15) is 0 Å². The number of phenolic OH excluding ortho intramolecular Hbond substituents is 1. The third-order valence-electron chi connectivity index (χ3n) is 3.97. The van der Waals surface area contributed by atoms with E-state index in [9.17, 15) is 9.90 Å². The second-order valence-corrected chi connectivity index (χ2v) is 8.27. The van der Waals surface area contributed by atoms with Crippen LogP contribution in [-0.2, 0) is 4.79 Å². The van der Waals surface area contributed by atoms with Gasteiger partial charge in [0.25, 0.3) is 5.91 Å². The van der Waals surface area contributed by atoms with E-state index in [0.29, 0.717) is 19.7 Å². The highest BCUT2D eigenvalue weighted by molar-refractivity contribution is 9.11. The van der Waals surface area contributed by atoms with Crippen LogP contribution in [-0.4, -0.2) is 16.0 Å². The summed E-state index contributed by atoms with van der Waals surface area (Å²) in [4.78, 5) is 16.7. The molecule has 0 fully saturated rings. The predicted molar refractivity (Wildman–Crippen MR) is 119 cm³/mol. The zero-order valence-corrected chi connectivity index (χ0v) is 18.3. The van der Waals surface area contributed by atoms with Gasteiger partial charge in [-0.15, -0.1) is 23.7 Å². The molecule has 0 aliphatic carbocycles. The van der Waals surface area contributed by atoms with E-state index in [1.807, 2.05) is 23.6 Å². The summed E-state index contributed by atoms with van der Waals surface area (Å²) in [6, 6.07) is 9.20. The summed E-state index contributed by atoms with van der Waals surface area (Å²) >= 11 is 7.99. The summed E-state index contributed by atoms with van der Waals surface area (Å²) in [7, 11) is 0. The Hall–Kier alpha value is -1.87. The third-order valence-corrected chi connectivity index (χ3v) is 5.85. The molecule has 0 saturated carbocycles. The molecule has 1 aromatic heterocycles. The van der Waals surface area contributed by atoms with Gasteiger partial charge in [0.15, 0.2) is 5.13 Å². The first-order valence-electron chi connectivity index (χ1n) is 7.49. The molecule has 138 valence electrons. The average Bonchev–Trinajstić information content (AvgIpc) is 3.16. The summed E-state index contributed by atoms with van der Waals surface area (Å²) in [5.74, 6) is -0.0536. The van der Waals surface area contributed by atoms with Crippen LogP contribution in [0, 0.1) is 0 Å². The Morgan fingerprint density at radius 1 is 1.19 bits per heavy atom. The SMILES string of the molecule is Cl.Nc1nc(-c2ccc3c(c2)C(=Cc2cc(Br)c(O)c(Br)c2)C(=O)N3)cs1. The van der Waals surface area contributed by atoms with E-state index in [-0.39, 0.29) is 24.1 Å². The molecule has 0 saturated heterocycles. The van der Waals surface area contributed by atoms with Crippen molar-refractivity contribution in [1.29, 1.82) is 0 Å². The molecule has 3 aromatic rings. The topological polar surface area (TPSA) is 88.2 Å². The second-order valence-electron chi connectivity index (χ2n) is 5.68. The predicted octanol–water partition coefficient (Wildman–Crippen LogP) is 5.54. The number of nitrogen functional groups attached to an aromatic ring is 1. The largest absolute Gasteiger partial charge is 0.506 e. The van der Waals surface area contributed by atoms with Gasteiger partial charge in [0.1, 0.15) is 5.75 Å². The van der Waals surface area contributed by atoms with E-state index in [0.717, 1.165) is 28.1 Å². The number of nitrogens with one attached hydrogen (secondary N) is 1. The van der Waals surface area contributed by atoms with Crippen LogP contribution >= 0.6 is 55.6 Å². The van der Waals surface area contributed by atoms with E-state index < -0.39 is 0 Å². The molecule has 0 radical (unpaired) electrons. The van der Waals surface area contributed by atoms with Crippen LogP contribution in [0.3, 0.4) is 0 Å². The Labute approximate surface area is 182 Å². The highest BCUT2D eigenvalue weighted by Crippen LogP contribution is 2.38. The molecule has 1 aliphatic heterocycles. The minimum absolute atomic E-state index is 0. The number of rotatable bonds is 2. The van der Waals surface area contributed by atoms with Crippen LogP contribution < -0.4 is 11.1 Å². The van der Waals surface area contributed by atoms with Crippen LogP contribution in [0.1, 0.15) is 11.1 Å². The number of aromatic nitrogens is 1. The summed E-state index contributed by atoms with van der Waals surface area (Å²) < 4.78 is 1.09. The van der Waals surface area contributed by atoms with Crippen molar-refractivity contribution in [2.45, 2.75) is 0 Å². The Balaban J connectivity index is 0.00000210. The Morgan fingerprint density at radius 3 is 2.52 bits per heavy atom. The van der Waals surface area contributed by atoms with Gasteiger partial charge in [-0.1, -0.05) is 6.07 Å². The van der Waals surface area contributed by atoms with E-state index >= 15 is 0 Å². The average molecular weight is 530 g/mol. The number of nitrogens with two attached hydrogens (primary N) is 1. The van der Waals surface area contributed by atoms with Crippen molar-refractivity contribution in [1.82, 2.24) is 4.98 Å². The number of hydrogen-bond acceptors (Lipinski definition) is 5. The summed E-state index contributed by atoms with van der Waals surface area (Å²) in [6.07, 6.45) is 1.79. The van der Waals surface area contributed by atoms with Gasteiger partial charge in [0.05, 0.1) is 14.6 Å². The first kappa shape index (κ1) is 19.9. The number of hydrogen-bond donors (Lipinski definition) is 3. The number of thiazole rings is 1. The van der Waals surface area contributed by atoms with Crippen LogP contribution in [0.2, 0.25) is 0 Å². The quantitative estimate of drug-likeness (QED) is 0.381. The number of fused-ring (bicyclic) bond motifs is 1. The van der Waals surface area contributed by atoms with Gasteiger partial charge in [-0.05, 0) is 67.8 Å². The van der Waals surface area contributed by atoms with Crippen molar-refractivity contribution in [2.24, 2.45) is 0 Å². The van der Waals surface area contributed by atoms with Gasteiger partial charge < -0.3 is 16.2 Å². The molecule has 4 N–H and O–H groups in total. The fourth-order valence-electron chi connectivity index (χ4n) is 2.75. The number of anilines is 2. The highest BCUT2D eigenvalue weighted by Gasteiger charge is 2.25. The van der Waals surface area contributed by atoms with E-state index in [1.54, 1.807) is 18.2 Å². The second kappa shape index (κ2) is 7.63. The maximum atomic E-state index is 12.4. The number of halogens is 3. The number of benzene rings is 2. The Bertz CT molecular complexity index is 1070. The molecule has 2 heterocycles. The van der Waals surface area contributed by atoms with E-state index in [4.69, 9.17) is 5.73 Å². The Morgan fingerprint density at radius 2 is 1.89 bits per heavy atom. The molecular formula is C18H12Br2ClN3O2S. The highest BCUT2D eigenvalue weighted by atomic mass is 79.9. The maximum Gasteiger partial charge on any atom is 0.256 e. The number of phenols is 1. The van der Waals surface area contributed by atoms with Gasteiger partial charge in [0.2, 0.25) is 0 Å². The number of amides is 1. The van der Waals surface area contributed by atoms with Crippen molar-refractivity contribution in [3.8, 4) is 17.0 Å². The summed E-state index contributed by atoms with van der Waals surface area (Å²) in [6.45, 7) is 0. The van der Waals surface area contributed by atoms with Gasteiger partial charge >= 0.3 is 0 Å². The zero-order chi connectivity index (χ0) is 18.4. The Kier molecular flexibility index (Phi) is 5.62. The maximum absolute atomic E-state index is 12.4. The molecule has 0 atom stereocenters. The van der Waals surface area contributed by atoms with Gasteiger partial charge in [-0.25, -0.2) is 4.98 Å². The lowest BCUT2D eigenvalue weighted by atomic mass is 10.0. The molecule has 0 unspecified atom stereocenters. The minimum atomic E-state index is -0.171. The monoisotopic (exact) mass is 527 g/mol. The van der Waals surface area contributed by atoms with Gasteiger partial charge in [-0.3, -0.25) is 4.79 Å². The zero-order valence-electron chi connectivity index (χ0n) is 13.5. The lowest BCUT2D eigenvalue weighted by Crippen LogP contribution is -2.03. The molecule has 1 aliphatic rings. The molecule has 2 aromatic carbocycles. The van der Waals surface area contributed by atoms with Crippen LogP contribution in [0.25, 0.3) is 22.9 Å². The lowest BCUT2D eigenvalue weighted by Gasteiger charge is -2.05. The molecule has 27 heavy (non-hydrogen) atoms. The standard InChI is InChI=1S/C18H11Br2N3O2S.ClH/c19-12-4-8(5-13(20)16(12)24)3-11-10-6-9(15-7-26-18(21)23-15)1-2-14(10)22-17(11)25;/h1-7,24H,(H2,21,23)(H,22,25);1H. The van der Waals surface area contributed by atoms with E-state index in [2.05, 4.69) is 42.2 Å². The fraction of sp³-hybridized carbons (Fsp3) is 0. The third kappa shape index (κ3) is 3.75. The van der Waals surface area contributed by atoms with Crippen molar-refractivity contribution >= 4 is 84.0 Å². The minimum Gasteiger partial charge on any atom is -0.506 e. The van der Waals surface area contributed by atoms with Crippen LogP contribution in [0.15, 0.2) is 44.7 Å². The molecule has 0 spiro atoms. The first-order valence-corrected chi connectivity index (χ1v) is 9.96. The van der Waals surface area contributed by atoms with E-state index in [1.165, 1.54) is 11.3 Å². The number of aromatic hydroxyl groups is 1.